The van der Waals surface area contributed by atoms with E-state index in [4.69, 9.17) is 5.73 Å². The third-order valence-corrected chi connectivity index (χ3v) is 4.13. The normalized spacial score (nSPS) is 22.6. The molecule has 4 nitrogen and oxygen atoms in total. The molecule has 0 saturated carbocycles. The van der Waals surface area contributed by atoms with Gasteiger partial charge in [0.15, 0.2) is 0 Å². The van der Waals surface area contributed by atoms with Crippen LogP contribution in [0.5, 0.6) is 0 Å². The zero-order valence-corrected chi connectivity index (χ0v) is 12.7. The van der Waals surface area contributed by atoms with Crippen LogP contribution in [0.4, 0.5) is 0 Å². The topological polar surface area (TPSA) is 49.6 Å². The van der Waals surface area contributed by atoms with Crippen molar-refractivity contribution in [3.63, 3.8) is 0 Å². The van der Waals surface area contributed by atoms with Crippen molar-refractivity contribution in [3.05, 3.63) is 35.4 Å². The summed E-state index contributed by atoms with van der Waals surface area (Å²) in [5.74, 6) is 0.654. The Bertz CT molecular complexity index is 473. The first-order chi connectivity index (χ1) is 9.52. The summed E-state index contributed by atoms with van der Waals surface area (Å²) in [6.45, 7) is 4.47. The van der Waals surface area contributed by atoms with E-state index in [-0.39, 0.29) is 5.91 Å². The molecule has 1 aliphatic heterocycles. The van der Waals surface area contributed by atoms with Crippen LogP contribution in [0, 0.1) is 5.92 Å². The molecule has 1 aliphatic rings. The van der Waals surface area contributed by atoms with Gasteiger partial charge in [-0.1, -0.05) is 19.1 Å². The maximum atomic E-state index is 12.6. The Morgan fingerprint density at radius 3 is 2.75 bits per heavy atom. The lowest BCUT2D eigenvalue weighted by molar-refractivity contribution is 0.0781. The monoisotopic (exact) mass is 275 g/mol. The molecule has 2 unspecified atom stereocenters. The fourth-order valence-electron chi connectivity index (χ4n) is 3.00. The minimum Gasteiger partial charge on any atom is -0.337 e. The van der Waals surface area contributed by atoms with Crippen LogP contribution in [-0.4, -0.2) is 55.5 Å². The molecule has 2 rings (SSSR count). The van der Waals surface area contributed by atoms with Crippen molar-refractivity contribution in [2.45, 2.75) is 19.4 Å². The van der Waals surface area contributed by atoms with Crippen molar-refractivity contribution in [2.75, 3.05) is 33.7 Å². The number of carbonyl (C=O) groups is 1. The predicted octanol–water partition coefficient (Wildman–Crippen LogP) is 1.21. The number of hydrogen-bond donors (Lipinski definition) is 1. The van der Waals surface area contributed by atoms with Gasteiger partial charge >= 0.3 is 0 Å². The molecule has 1 heterocycles. The molecule has 1 amide bonds. The molecule has 0 spiro atoms. The van der Waals surface area contributed by atoms with Gasteiger partial charge in [-0.2, -0.15) is 0 Å². The molecule has 0 radical (unpaired) electrons. The molecular weight excluding hydrogens is 250 g/mol. The molecular formula is C16H25N3O. The lowest BCUT2D eigenvalue weighted by atomic mass is 10.1. The Labute approximate surface area is 121 Å². The highest BCUT2D eigenvalue weighted by molar-refractivity contribution is 5.94. The minimum absolute atomic E-state index is 0.139. The number of nitrogens with two attached hydrogens (primary N) is 1. The van der Waals surface area contributed by atoms with E-state index in [1.165, 1.54) is 0 Å². The second-order valence-corrected chi connectivity index (χ2v) is 5.96. The van der Waals surface area contributed by atoms with Gasteiger partial charge in [0.25, 0.3) is 5.91 Å². The Morgan fingerprint density at radius 1 is 1.40 bits per heavy atom. The van der Waals surface area contributed by atoms with Crippen molar-refractivity contribution in [3.8, 4) is 0 Å². The van der Waals surface area contributed by atoms with E-state index < -0.39 is 0 Å². The van der Waals surface area contributed by atoms with Crippen LogP contribution in [-0.2, 0) is 6.42 Å². The van der Waals surface area contributed by atoms with Crippen molar-refractivity contribution >= 4 is 5.91 Å². The number of amides is 1. The summed E-state index contributed by atoms with van der Waals surface area (Å²) >= 11 is 0. The number of benzene rings is 1. The zero-order chi connectivity index (χ0) is 14.7. The Hall–Kier alpha value is -1.39. The van der Waals surface area contributed by atoms with Gasteiger partial charge in [0, 0.05) is 24.7 Å². The lowest BCUT2D eigenvalue weighted by Crippen LogP contribution is -2.35. The fraction of sp³-hybridized carbons (Fsp3) is 0.562. The summed E-state index contributed by atoms with van der Waals surface area (Å²) in [6.07, 6.45) is 0.817. The molecule has 20 heavy (non-hydrogen) atoms. The van der Waals surface area contributed by atoms with E-state index in [2.05, 4.69) is 25.9 Å². The van der Waals surface area contributed by atoms with Gasteiger partial charge < -0.3 is 15.5 Å². The summed E-state index contributed by atoms with van der Waals surface area (Å²) in [5, 5.41) is 0. The van der Waals surface area contributed by atoms with Crippen LogP contribution < -0.4 is 5.73 Å². The summed E-state index contributed by atoms with van der Waals surface area (Å²) < 4.78 is 0. The van der Waals surface area contributed by atoms with Gasteiger partial charge in [0.05, 0.1) is 0 Å². The largest absolute Gasteiger partial charge is 0.337 e. The first-order valence-corrected chi connectivity index (χ1v) is 7.27. The molecule has 110 valence electrons. The summed E-state index contributed by atoms with van der Waals surface area (Å²) in [4.78, 5) is 16.8. The predicted molar refractivity (Wildman–Crippen MR) is 81.7 cm³/mol. The van der Waals surface area contributed by atoms with E-state index in [0.717, 1.165) is 30.6 Å². The minimum atomic E-state index is 0.139. The zero-order valence-electron chi connectivity index (χ0n) is 12.7. The number of rotatable bonds is 4. The first-order valence-electron chi connectivity index (χ1n) is 7.27. The maximum Gasteiger partial charge on any atom is 0.253 e. The smallest absolute Gasteiger partial charge is 0.253 e. The van der Waals surface area contributed by atoms with Gasteiger partial charge in [-0.25, -0.2) is 0 Å². The molecule has 0 aromatic heterocycles. The molecule has 0 bridgehead atoms. The van der Waals surface area contributed by atoms with Crippen LogP contribution in [0.2, 0.25) is 0 Å². The maximum absolute atomic E-state index is 12.6. The molecule has 2 atom stereocenters. The van der Waals surface area contributed by atoms with Crippen LogP contribution in [0.1, 0.15) is 22.8 Å². The highest BCUT2D eigenvalue weighted by Gasteiger charge is 2.33. The quantitative estimate of drug-likeness (QED) is 0.898. The number of likely N-dealkylation sites (N-methyl/N-ethyl adjacent to an activating group) is 1. The van der Waals surface area contributed by atoms with E-state index in [0.29, 0.717) is 18.5 Å². The van der Waals surface area contributed by atoms with Crippen LogP contribution in [0.25, 0.3) is 0 Å². The van der Waals surface area contributed by atoms with Gasteiger partial charge in [-0.05, 0) is 50.7 Å². The van der Waals surface area contributed by atoms with Gasteiger partial charge in [-0.3, -0.25) is 4.79 Å². The van der Waals surface area contributed by atoms with Crippen LogP contribution >= 0.6 is 0 Å². The van der Waals surface area contributed by atoms with Gasteiger partial charge in [0.1, 0.15) is 0 Å². The number of hydrogen-bond acceptors (Lipinski definition) is 3. The second kappa shape index (κ2) is 6.37. The molecule has 1 aromatic carbocycles. The van der Waals surface area contributed by atoms with E-state index >= 15 is 0 Å². The summed E-state index contributed by atoms with van der Waals surface area (Å²) in [6, 6.07) is 8.30. The van der Waals surface area contributed by atoms with Gasteiger partial charge in [0.2, 0.25) is 0 Å². The van der Waals surface area contributed by atoms with Crippen molar-refractivity contribution in [1.29, 1.82) is 0 Å². The van der Waals surface area contributed by atoms with E-state index in [9.17, 15) is 4.79 Å². The van der Waals surface area contributed by atoms with Gasteiger partial charge in [-0.15, -0.1) is 0 Å². The number of nitrogens with zero attached hydrogens (tertiary/aromatic N) is 2. The third kappa shape index (κ3) is 3.19. The Kier molecular flexibility index (Phi) is 4.78. The Morgan fingerprint density at radius 2 is 2.15 bits per heavy atom. The highest BCUT2D eigenvalue weighted by Crippen LogP contribution is 2.22. The summed E-state index contributed by atoms with van der Waals surface area (Å²) in [7, 11) is 4.16. The highest BCUT2D eigenvalue weighted by atomic mass is 16.2. The second-order valence-electron chi connectivity index (χ2n) is 5.96. The van der Waals surface area contributed by atoms with Crippen molar-refractivity contribution in [2.24, 2.45) is 11.7 Å². The SMILES string of the molecule is CC1CN(C(=O)c2cccc(CCN)c2)CC1N(C)C. The lowest BCUT2D eigenvalue weighted by Gasteiger charge is -2.22. The average molecular weight is 275 g/mol. The van der Waals surface area contributed by atoms with Crippen molar-refractivity contribution in [1.82, 2.24) is 9.80 Å². The molecule has 0 aliphatic carbocycles. The summed E-state index contributed by atoms with van der Waals surface area (Å²) in [5.41, 5.74) is 7.49. The van der Waals surface area contributed by atoms with Crippen LogP contribution in [0.15, 0.2) is 24.3 Å². The molecule has 1 fully saturated rings. The number of carbonyl (C=O) groups excluding carboxylic acids is 1. The molecule has 2 N–H and O–H groups in total. The van der Waals surface area contributed by atoms with E-state index in [1.807, 2.05) is 29.2 Å². The van der Waals surface area contributed by atoms with Crippen molar-refractivity contribution < 1.29 is 4.79 Å². The standard InChI is InChI=1S/C16H25N3O/c1-12-10-19(11-15(12)18(2)3)16(20)14-6-4-5-13(9-14)7-8-17/h4-6,9,12,15H,7-8,10-11,17H2,1-3H3. The van der Waals surface area contributed by atoms with Crippen LogP contribution in [0.3, 0.4) is 0 Å². The van der Waals surface area contributed by atoms with E-state index in [1.54, 1.807) is 0 Å². The number of likely N-dealkylation sites (tertiary alicyclic amines) is 1. The average Bonchev–Trinajstić information content (AvgIpc) is 2.81. The Balaban J connectivity index is 2.10. The fourth-order valence-corrected chi connectivity index (χ4v) is 3.00. The molecule has 1 aromatic rings. The molecule has 4 heteroatoms. The third-order valence-electron chi connectivity index (χ3n) is 4.13. The first kappa shape index (κ1) is 15.0. The molecule has 1 saturated heterocycles.